The lowest BCUT2D eigenvalue weighted by Crippen LogP contribution is -2.08. The van der Waals surface area contributed by atoms with Crippen LogP contribution in [0.25, 0.3) is 0 Å². The van der Waals surface area contributed by atoms with Crippen molar-refractivity contribution >= 4 is 11.6 Å². The molecule has 1 aromatic carbocycles. The van der Waals surface area contributed by atoms with Crippen LogP contribution in [0.5, 0.6) is 11.5 Å². The van der Waals surface area contributed by atoms with Gasteiger partial charge in [-0.3, -0.25) is 9.59 Å². The van der Waals surface area contributed by atoms with Crippen molar-refractivity contribution in [2.45, 2.75) is 13.8 Å². The quantitative estimate of drug-likeness (QED) is 0.734. The maximum absolute atomic E-state index is 10.7. The Kier molecular flexibility index (Phi) is 4.51. The summed E-state index contributed by atoms with van der Waals surface area (Å²) in [5, 5.41) is 0. The molecule has 0 bridgehead atoms. The Morgan fingerprint density at radius 1 is 1.00 bits per heavy atom. The van der Waals surface area contributed by atoms with Gasteiger partial charge in [0, 0.05) is 6.07 Å². The van der Waals surface area contributed by atoms with Crippen molar-refractivity contribution in [3.05, 3.63) is 24.3 Å². The molecule has 0 aliphatic heterocycles. The summed E-state index contributed by atoms with van der Waals surface area (Å²) in [7, 11) is 0. The van der Waals surface area contributed by atoms with E-state index in [2.05, 4.69) is 0 Å². The van der Waals surface area contributed by atoms with Crippen molar-refractivity contribution in [2.75, 3.05) is 13.2 Å². The summed E-state index contributed by atoms with van der Waals surface area (Å²) in [6.45, 7) is 2.98. The Labute approximate surface area is 94.2 Å². The first-order valence-electron chi connectivity index (χ1n) is 4.92. The fourth-order valence-corrected chi connectivity index (χ4v) is 1.02. The van der Waals surface area contributed by atoms with E-state index in [0.717, 1.165) is 0 Å². The average Bonchev–Trinajstić information content (AvgIpc) is 2.24. The van der Waals surface area contributed by atoms with Gasteiger partial charge in [0.15, 0.2) is 11.6 Å². The second-order valence-electron chi connectivity index (χ2n) is 3.46. The van der Waals surface area contributed by atoms with E-state index in [4.69, 9.17) is 9.47 Å². The van der Waals surface area contributed by atoms with Crippen molar-refractivity contribution in [1.82, 2.24) is 0 Å². The molecule has 0 atom stereocenters. The molecule has 0 spiro atoms. The van der Waals surface area contributed by atoms with Crippen molar-refractivity contribution in [1.29, 1.82) is 0 Å². The number of ketones is 2. The molecule has 0 aliphatic rings. The van der Waals surface area contributed by atoms with Crippen LogP contribution in [0.3, 0.4) is 0 Å². The third kappa shape index (κ3) is 4.59. The first-order valence-corrected chi connectivity index (χ1v) is 4.92. The number of benzene rings is 1. The standard InChI is InChI=1S/C12H14O4/c1-9(13)7-15-11-4-3-5-12(6-11)16-8-10(2)14/h3-6H,7-8H2,1-2H3. The van der Waals surface area contributed by atoms with Gasteiger partial charge in [-0.25, -0.2) is 0 Å². The van der Waals surface area contributed by atoms with Crippen LogP contribution in [0.1, 0.15) is 13.8 Å². The molecule has 0 aliphatic carbocycles. The van der Waals surface area contributed by atoms with Gasteiger partial charge in [-0.05, 0) is 26.0 Å². The van der Waals surface area contributed by atoms with Crippen LogP contribution in [0.4, 0.5) is 0 Å². The van der Waals surface area contributed by atoms with Gasteiger partial charge < -0.3 is 9.47 Å². The Hall–Kier alpha value is -1.84. The Bertz CT molecular complexity index is 351. The Morgan fingerprint density at radius 2 is 1.44 bits per heavy atom. The number of hydrogen-bond acceptors (Lipinski definition) is 4. The van der Waals surface area contributed by atoms with Crippen LogP contribution in [0.15, 0.2) is 24.3 Å². The van der Waals surface area contributed by atoms with Gasteiger partial charge in [-0.15, -0.1) is 0 Å². The minimum Gasteiger partial charge on any atom is -0.486 e. The summed E-state index contributed by atoms with van der Waals surface area (Å²) < 4.78 is 10.4. The van der Waals surface area contributed by atoms with E-state index in [1.807, 2.05) is 0 Å². The fourth-order valence-electron chi connectivity index (χ4n) is 1.02. The van der Waals surface area contributed by atoms with Crippen molar-refractivity contribution < 1.29 is 19.1 Å². The zero-order valence-corrected chi connectivity index (χ0v) is 9.36. The molecule has 1 rings (SSSR count). The minimum absolute atomic E-state index is 0.0379. The minimum atomic E-state index is -0.0462. The SMILES string of the molecule is CC(=O)COc1cccc(OCC(C)=O)c1. The second kappa shape index (κ2) is 5.90. The van der Waals surface area contributed by atoms with E-state index in [1.54, 1.807) is 24.3 Å². The molecule has 0 heterocycles. The van der Waals surface area contributed by atoms with Gasteiger partial charge in [0.2, 0.25) is 0 Å². The van der Waals surface area contributed by atoms with E-state index in [-0.39, 0.29) is 24.8 Å². The molecule has 0 N–H and O–H groups in total. The molecule has 16 heavy (non-hydrogen) atoms. The van der Waals surface area contributed by atoms with Gasteiger partial charge in [-0.2, -0.15) is 0 Å². The van der Waals surface area contributed by atoms with Crippen LogP contribution in [0, 0.1) is 0 Å². The molecule has 0 radical (unpaired) electrons. The smallest absolute Gasteiger partial charge is 0.167 e. The lowest BCUT2D eigenvalue weighted by molar-refractivity contribution is -0.119. The van der Waals surface area contributed by atoms with Gasteiger partial charge >= 0.3 is 0 Å². The van der Waals surface area contributed by atoms with Gasteiger partial charge in [0.1, 0.15) is 24.7 Å². The van der Waals surface area contributed by atoms with E-state index in [0.29, 0.717) is 11.5 Å². The van der Waals surface area contributed by atoms with Crippen LogP contribution < -0.4 is 9.47 Å². The largest absolute Gasteiger partial charge is 0.486 e. The summed E-state index contributed by atoms with van der Waals surface area (Å²) in [6, 6.07) is 6.84. The molecular weight excluding hydrogens is 208 g/mol. The predicted octanol–water partition coefficient (Wildman–Crippen LogP) is 1.62. The molecule has 0 fully saturated rings. The molecular formula is C12H14O4. The van der Waals surface area contributed by atoms with E-state index in [1.165, 1.54) is 13.8 Å². The van der Waals surface area contributed by atoms with Crippen LogP contribution in [0.2, 0.25) is 0 Å². The van der Waals surface area contributed by atoms with Gasteiger partial charge in [0.05, 0.1) is 0 Å². The molecule has 4 nitrogen and oxygen atoms in total. The zero-order chi connectivity index (χ0) is 12.0. The monoisotopic (exact) mass is 222 g/mol. The van der Waals surface area contributed by atoms with Crippen molar-refractivity contribution in [3.8, 4) is 11.5 Å². The van der Waals surface area contributed by atoms with Crippen molar-refractivity contribution in [2.24, 2.45) is 0 Å². The highest BCUT2D eigenvalue weighted by Crippen LogP contribution is 2.19. The lowest BCUT2D eigenvalue weighted by Gasteiger charge is -2.07. The molecule has 0 saturated carbocycles. The van der Waals surface area contributed by atoms with Crippen molar-refractivity contribution in [3.63, 3.8) is 0 Å². The number of hydrogen-bond donors (Lipinski definition) is 0. The van der Waals surface area contributed by atoms with Crippen LogP contribution in [-0.4, -0.2) is 24.8 Å². The zero-order valence-electron chi connectivity index (χ0n) is 9.36. The summed E-state index contributed by atoms with van der Waals surface area (Å²) in [5.41, 5.74) is 0. The average molecular weight is 222 g/mol. The summed E-state index contributed by atoms with van der Waals surface area (Å²) >= 11 is 0. The van der Waals surface area contributed by atoms with E-state index >= 15 is 0 Å². The number of carbonyl (C=O) groups is 2. The third-order valence-corrected chi connectivity index (χ3v) is 1.69. The normalized spacial score (nSPS) is 9.62. The third-order valence-electron chi connectivity index (χ3n) is 1.69. The Morgan fingerprint density at radius 3 is 1.81 bits per heavy atom. The number of ether oxygens (including phenoxy) is 2. The molecule has 4 heteroatoms. The topological polar surface area (TPSA) is 52.6 Å². The highest BCUT2D eigenvalue weighted by Gasteiger charge is 2.00. The molecule has 86 valence electrons. The summed E-state index contributed by atoms with van der Waals surface area (Å²) in [5.74, 6) is 1.01. The van der Waals surface area contributed by atoms with Gasteiger partial charge in [0.25, 0.3) is 0 Å². The first kappa shape index (κ1) is 12.2. The maximum atomic E-state index is 10.7. The molecule has 0 unspecified atom stereocenters. The first-order chi connectivity index (χ1) is 7.58. The fraction of sp³-hybridized carbons (Fsp3) is 0.333. The Balaban J connectivity index is 2.56. The van der Waals surface area contributed by atoms with Crippen LogP contribution >= 0.6 is 0 Å². The molecule has 0 amide bonds. The van der Waals surface area contributed by atoms with Crippen LogP contribution in [-0.2, 0) is 9.59 Å². The number of carbonyl (C=O) groups excluding carboxylic acids is 2. The second-order valence-corrected chi connectivity index (χ2v) is 3.46. The lowest BCUT2D eigenvalue weighted by atomic mass is 10.3. The summed E-state index contributed by atoms with van der Waals surface area (Å²) in [4.78, 5) is 21.4. The highest BCUT2D eigenvalue weighted by atomic mass is 16.5. The summed E-state index contributed by atoms with van der Waals surface area (Å²) in [6.07, 6.45) is 0. The highest BCUT2D eigenvalue weighted by molar-refractivity contribution is 5.77. The number of Topliss-reactive ketones (excluding diaryl/α,β-unsaturated/α-hetero) is 2. The van der Waals surface area contributed by atoms with Gasteiger partial charge in [-0.1, -0.05) is 6.07 Å². The molecule has 0 aromatic heterocycles. The maximum Gasteiger partial charge on any atom is 0.167 e. The van der Waals surface area contributed by atoms with E-state index in [9.17, 15) is 9.59 Å². The van der Waals surface area contributed by atoms with E-state index < -0.39 is 0 Å². The number of rotatable bonds is 6. The molecule has 1 aromatic rings. The molecule has 0 saturated heterocycles. The predicted molar refractivity (Wildman–Crippen MR) is 58.8 cm³/mol.